The molecule has 4 nitrogen and oxygen atoms in total. The number of aromatic nitrogens is 1. The van der Waals surface area contributed by atoms with E-state index >= 15 is 0 Å². The molecule has 2 rings (SSSR count). The number of hydrogen-bond acceptors (Lipinski definition) is 4. The molecular formula is C15H22N4. The molecule has 0 aliphatic heterocycles. The van der Waals surface area contributed by atoms with Gasteiger partial charge in [-0.1, -0.05) is 19.3 Å². The highest BCUT2D eigenvalue weighted by Gasteiger charge is 2.22. The van der Waals surface area contributed by atoms with Crippen molar-refractivity contribution in [2.45, 2.75) is 58.0 Å². The molecule has 4 heteroatoms. The Morgan fingerprint density at radius 3 is 2.79 bits per heavy atom. The number of hydrogen-bond donors (Lipinski definition) is 2. The van der Waals surface area contributed by atoms with E-state index in [2.05, 4.69) is 16.4 Å². The summed E-state index contributed by atoms with van der Waals surface area (Å²) in [5.41, 5.74) is 8.77. The predicted octanol–water partition coefficient (Wildman–Crippen LogP) is 2.64. The highest BCUT2D eigenvalue weighted by atomic mass is 15.0. The molecule has 3 N–H and O–H groups in total. The van der Waals surface area contributed by atoms with Crippen molar-refractivity contribution in [1.29, 1.82) is 5.26 Å². The molecule has 0 amide bonds. The molecule has 1 saturated carbocycles. The second kappa shape index (κ2) is 6.03. The molecule has 1 aliphatic carbocycles. The summed E-state index contributed by atoms with van der Waals surface area (Å²) in [5.74, 6) is 0.697. The maximum atomic E-state index is 9.28. The molecule has 19 heavy (non-hydrogen) atoms. The van der Waals surface area contributed by atoms with E-state index in [1.54, 1.807) is 0 Å². The summed E-state index contributed by atoms with van der Waals surface area (Å²) < 4.78 is 0. The second-order valence-corrected chi connectivity index (χ2v) is 5.47. The lowest BCUT2D eigenvalue weighted by Gasteiger charge is -2.24. The number of nitrogens with zero attached hydrogens (tertiary/aromatic N) is 2. The minimum absolute atomic E-state index is 0.150. The number of aryl methyl sites for hydroxylation is 2. The Morgan fingerprint density at radius 1 is 1.32 bits per heavy atom. The van der Waals surface area contributed by atoms with E-state index in [0.29, 0.717) is 11.4 Å². The van der Waals surface area contributed by atoms with Crippen LogP contribution >= 0.6 is 0 Å². The first-order chi connectivity index (χ1) is 9.11. The lowest BCUT2D eigenvalue weighted by molar-refractivity contribution is 0.527. The lowest BCUT2D eigenvalue weighted by atomic mass is 10.0. The van der Waals surface area contributed by atoms with Crippen LogP contribution in [0.3, 0.4) is 0 Å². The number of nitrogens with one attached hydrogen (secondary N) is 1. The number of anilines is 1. The van der Waals surface area contributed by atoms with Crippen molar-refractivity contribution in [1.82, 2.24) is 4.98 Å². The molecule has 102 valence electrons. The smallest absolute Gasteiger partial charge is 0.144 e. The quantitative estimate of drug-likeness (QED) is 0.800. The third-order valence-electron chi connectivity index (χ3n) is 3.85. The first kappa shape index (κ1) is 13.8. The average Bonchev–Trinajstić information content (AvgIpc) is 2.54. The zero-order chi connectivity index (χ0) is 13.8. The summed E-state index contributed by atoms with van der Waals surface area (Å²) in [7, 11) is 0. The first-order valence-corrected chi connectivity index (χ1v) is 7.02. The van der Waals surface area contributed by atoms with E-state index in [-0.39, 0.29) is 12.1 Å². The summed E-state index contributed by atoms with van der Waals surface area (Å²) in [6.07, 6.45) is 5.74. The SMILES string of the molecule is Cc1cc(C)c(C#N)c(NC2CCCCCC2N)n1. The topological polar surface area (TPSA) is 74.7 Å². The monoisotopic (exact) mass is 258 g/mol. The van der Waals surface area contributed by atoms with Gasteiger partial charge >= 0.3 is 0 Å². The van der Waals surface area contributed by atoms with Crippen LogP contribution in [-0.4, -0.2) is 17.1 Å². The Bertz CT molecular complexity index is 490. The third-order valence-corrected chi connectivity index (χ3v) is 3.85. The maximum Gasteiger partial charge on any atom is 0.144 e. The van der Waals surface area contributed by atoms with Crippen molar-refractivity contribution in [3.05, 3.63) is 22.9 Å². The Labute approximate surface area is 115 Å². The Hall–Kier alpha value is -1.60. The van der Waals surface area contributed by atoms with E-state index in [1.165, 1.54) is 19.3 Å². The van der Waals surface area contributed by atoms with Crippen molar-refractivity contribution in [3.63, 3.8) is 0 Å². The number of nitriles is 1. The van der Waals surface area contributed by atoms with Crippen LogP contribution in [0.15, 0.2) is 6.07 Å². The molecule has 0 radical (unpaired) electrons. The lowest BCUT2D eigenvalue weighted by Crippen LogP contribution is -2.39. The summed E-state index contributed by atoms with van der Waals surface area (Å²) in [6, 6.07) is 4.56. The molecule has 1 heterocycles. The van der Waals surface area contributed by atoms with Crippen LogP contribution in [0.5, 0.6) is 0 Å². The predicted molar refractivity (Wildman–Crippen MR) is 76.9 cm³/mol. The van der Waals surface area contributed by atoms with E-state index in [9.17, 15) is 5.26 Å². The molecule has 0 bridgehead atoms. The van der Waals surface area contributed by atoms with Crippen LogP contribution in [0.25, 0.3) is 0 Å². The van der Waals surface area contributed by atoms with Crippen LogP contribution in [-0.2, 0) is 0 Å². The van der Waals surface area contributed by atoms with Gasteiger partial charge in [-0.25, -0.2) is 4.98 Å². The van der Waals surface area contributed by atoms with E-state index in [0.717, 1.165) is 24.1 Å². The zero-order valence-electron chi connectivity index (χ0n) is 11.7. The molecule has 1 aromatic rings. The van der Waals surface area contributed by atoms with Crippen LogP contribution in [0.1, 0.15) is 48.9 Å². The van der Waals surface area contributed by atoms with E-state index in [4.69, 9.17) is 5.73 Å². The molecule has 1 fully saturated rings. The molecule has 0 aromatic carbocycles. The maximum absolute atomic E-state index is 9.28. The summed E-state index contributed by atoms with van der Waals surface area (Å²) >= 11 is 0. The van der Waals surface area contributed by atoms with Gasteiger partial charge in [0, 0.05) is 17.8 Å². The molecule has 2 unspecified atom stereocenters. The van der Waals surface area contributed by atoms with Gasteiger partial charge in [-0.15, -0.1) is 0 Å². The van der Waals surface area contributed by atoms with Crippen LogP contribution in [0.2, 0.25) is 0 Å². The molecule has 2 atom stereocenters. The van der Waals surface area contributed by atoms with Crippen LogP contribution in [0.4, 0.5) is 5.82 Å². The van der Waals surface area contributed by atoms with Gasteiger partial charge in [-0.3, -0.25) is 0 Å². The largest absolute Gasteiger partial charge is 0.365 e. The highest BCUT2D eigenvalue weighted by Crippen LogP contribution is 2.23. The summed E-state index contributed by atoms with van der Waals surface area (Å²) in [5, 5.41) is 12.7. The number of nitrogens with two attached hydrogens (primary N) is 1. The highest BCUT2D eigenvalue weighted by molar-refractivity contribution is 5.57. The molecule has 0 spiro atoms. The Kier molecular flexibility index (Phi) is 4.39. The first-order valence-electron chi connectivity index (χ1n) is 7.02. The molecule has 1 aliphatic rings. The second-order valence-electron chi connectivity index (χ2n) is 5.47. The minimum atomic E-state index is 0.150. The van der Waals surface area contributed by atoms with Gasteiger partial charge in [0.05, 0.1) is 5.56 Å². The van der Waals surface area contributed by atoms with Gasteiger partial charge < -0.3 is 11.1 Å². The molecular weight excluding hydrogens is 236 g/mol. The standard InChI is InChI=1S/C15H22N4/c1-10-8-11(2)18-15(12(10)9-16)19-14-7-5-3-4-6-13(14)17/h8,13-14H,3-7,17H2,1-2H3,(H,18,19). The van der Waals surface area contributed by atoms with Crippen molar-refractivity contribution in [2.75, 3.05) is 5.32 Å². The Balaban J connectivity index is 2.24. The number of pyridine rings is 1. The van der Waals surface area contributed by atoms with Gasteiger partial charge in [0.1, 0.15) is 11.9 Å². The van der Waals surface area contributed by atoms with Gasteiger partial charge in [0.15, 0.2) is 0 Å². The third kappa shape index (κ3) is 3.24. The Morgan fingerprint density at radius 2 is 2.05 bits per heavy atom. The van der Waals surface area contributed by atoms with E-state index in [1.807, 2.05) is 19.9 Å². The number of rotatable bonds is 2. The van der Waals surface area contributed by atoms with Crippen molar-refractivity contribution >= 4 is 5.82 Å². The van der Waals surface area contributed by atoms with Crippen LogP contribution in [0, 0.1) is 25.2 Å². The average molecular weight is 258 g/mol. The van der Waals surface area contributed by atoms with Gasteiger partial charge in [0.25, 0.3) is 0 Å². The fourth-order valence-electron chi connectivity index (χ4n) is 2.77. The summed E-state index contributed by atoms with van der Waals surface area (Å²) in [4.78, 5) is 4.47. The fraction of sp³-hybridized carbons (Fsp3) is 0.600. The fourth-order valence-corrected chi connectivity index (χ4v) is 2.77. The van der Waals surface area contributed by atoms with Crippen molar-refractivity contribution in [2.24, 2.45) is 5.73 Å². The normalized spacial score (nSPS) is 23.5. The van der Waals surface area contributed by atoms with Crippen molar-refractivity contribution in [3.8, 4) is 6.07 Å². The molecule has 0 saturated heterocycles. The van der Waals surface area contributed by atoms with Crippen LogP contribution < -0.4 is 11.1 Å². The van der Waals surface area contributed by atoms with E-state index < -0.39 is 0 Å². The molecule has 1 aromatic heterocycles. The van der Waals surface area contributed by atoms with Gasteiger partial charge in [-0.2, -0.15) is 5.26 Å². The summed E-state index contributed by atoms with van der Waals surface area (Å²) in [6.45, 7) is 3.90. The zero-order valence-corrected chi connectivity index (χ0v) is 11.7. The van der Waals surface area contributed by atoms with Gasteiger partial charge in [-0.05, 0) is 38.3 Å². The minimum Gasteiger partial charge on any atom is -0.365 e. The van der Waals surface area contributed by atoms with Gasteiger partial charge in [0.2, 0.25) is 0 Å². The van der Waals surface area contributed by atoms with Crippen molar-refractivity contribution < 1.29 is 0 Å².